The van der Waals surface area contributed by atoms with Crippen LogP contribution in [0.25, 0.3) is 33.6 Å². The molecule has 0 aliphatic carbocycles. The quantitative estimate of drug-likeness (QED) is 0.459. The molecule has 0 amide bonds. The Morgan fingerprint density at radius 3 is 2.55 bits per heavy atom. The summed E-state index contributed by atoms with van der Waals surface area (Å²) >= 11 is 0. The molecule has 0 radical (unpaired) electrons. The first-order valence-corrected chi connectivity index (χ1v) is 10.8. The third-order valence-corrected chi connectivity index (χ3v) is 6.08. The highest BCUT2D eigenvalue weighted by Crippen LogP contribution is 2.41. The predicted octanol–water partition coefficient (Wildman–Crippen LogP) is 5.60. The number of nitrogens with one attached hydrogen (secondary N) is 2. The van der Waals surface area contributed by atoms with Crippen molar-refractivity contribution in [2.45, 2.75) is 46.3 Å². The van der Waals surface area contributed by atoms with Gasteiger partial charge in [-0.25, -0.2) is 4.98 Å². The van der Waals surface area contributed by atoms with Gasteiger partial charge in [-0.3, -0.25) is 0 Å². The van der Waals surface area contributed by atoms with Gasteiger partial charge < -0.3 is 19.4 Å². The van der Waals surface area contributed by atoms with Crippen LogP contribution in [0, 0.1) is 0 Å². The lowest BCUT2D eigenvalue weighted by Gasteiger charge is -2.19. The Labute approximate surface area is 180 Å². The van der Waals surface area contributed by atoms with Gasteiger partial charge in [-0.15, -0.1) is 0 Å². The minimum absolute atomic E-state index is 0.356. The molecule has 4 heterocycles. The van der Waals surface area contributed by atoms with Crippen LogP contribution in [0.2, 0.25) is 0 Å². The van der Waals surface area contributed by atoms with E-state index in [2.05, 4.69) is 72.1 Å². The summed E-state index contributed by atoms with van der Waals surface area (Å²) in [6.07, 6.45) is 0.856. The number of aromatic amines is 2. The van der Waals surface area contributed by atoms with Gasteiger partial charge in [-0.1, -0.05) is 39.0 Å². The van der Waals surface area contributed by atoms with Crippen molar-refractivity contribution in [3.8, 4) is 45.3 Å². The molecule has 0 spiro atoms. The fraction of sp³-hybridized carbons (Fsp3) is 0.280. The molecule has 0 atom stereocenters. The van der Waals surface area contributed by atoms with E-state index in [1.807, 2.05) is 0 Å². The van der Waals surface area contributed by atoms with Gasteiger partial charge in [0.15, 0.2) is 0 Å². The van der Waals surface area contributed by atoms with E-state index in [0.717, 1.165) is 68.7 Å². The van der Waals surface area contributed by atoms with Crippen LogP contribution in [0.3, 0.4) is 0 Å². The van der Waals surface area contributed by atoms with Crippen molar-refractivity contribution < 1.29 is 9.47 Å². The number of hydrogen-bond donors (Lipinski definition) is 2. The van der Waals surface area contributed by atoms with Crippen LogP contribution in [0.4, 0.5) is 0 Å². The van der Waals surface area contributed by atoms with E-state index in [4.69, 9.17) is 14.5 Å². The lowest BCUT2D eigenvalue weighted by atomic mass is 9.95. The van der Waals surface area contributed by atoms with E-state index in [1.165, 1.54) is 0 Å². The maximum absolute atomic E-state index is 6.07. The summed E-state index contributed by atoms with van der Waals surface area (Å²) in [7, 11) is 0. The number of hydrogen-bond acceptors (Lipinski definition) is 4. The number of benzene rings is 2. The van der Waals surface area contributed by atoms with Gasteiger partial charge >= 0.3 is 0 Å². The van der Waals surface area contributed by atoms with Crippen LogP contribution in [-0.2, 0) is 19.6 Å². The minimum atomic E-state index is 0.356. The van der Waals surface area contributed by atoms with Gasteiger partial charge in [-0.2, -0.15) is 4.98 Å². The van der Waals surface area contributed by atoms with Gasteiger partial charge in [0.1, 0.15) is 36.3 Å². The molecule has 0 fully saturated rings. The number of nitrogens with zero attached hydrogens (tertiary/aromatic N) is 2. The van der Waals surface area contributed by atoms with Crippen molar-refractivity contribution in [2.24, 2.45) is 0 Å². The Bertz CT molecular complexity index is 1320. The lowest BCUT2D eigenvalue weighted by Crippen LogP contribution is -2.06. The highest BCUT2D eigenvalue weighted by molar-refractivity contribution is 5.79. The molecule has 0 saturated carbocycles. The van der Waals surface area contributed by atoms with Crippen LogP contribution in [0.15, 0.2) is 36.4 Å². The standard InChI is InChI=1S/C25H24N4O2/c1-4-21-27-23-17-7-5-14(9-16(17)11-31-25(23)28-21)15-6-8-18-20(10-15)30-12-19-22(18)29-24(26-19)13(2)3/h5-10,13H,4,11-12H2,1-3H3,(H,26,29)(H,27,28). The molecule has 2 aliphatic heterocycles. The molecule has 156 valence electrons. The van der Waals surface area contributed by atoms with E-state index in [9.17, 15) is 0 Å². The number of aryl methyl sites for hydroxylation is 1. The number of fused-ring (bicyclic) bond motifs is 6. The predicted molar refractivity (Wildman–Crippen MR) is 119 cm³/mol. The smallest absolute Gasteiger partial charge is 0.240 e. The van der Waals surface area contributed by atoms with Crippen LogP contribution in [-0.4, -0.2) is 19.9 Å². The molecule has 2 aromatic carbocycles. The average molecular weight is 412 g/mol. The second-order valence-electron chi connectivity index (χ2n) is 8.48. The normalized spacial score (nSPS) is 13.7. The molecule has 4 aromatic rings. The van der Waals surface area contributed by atoms with E-state index in [-0.39, 0.29) is 0 Å². The maximum Gasteiger partial charge on any atom is 0.240 e. The third kappa shape index (κ3) is 2.86. The van der Waals surface area contributed by atoms with Crippen LogP contribution >= 0.6 is 0 Å². The first-order valence-electron chi connectivity index (χ1n) is 10.8. The van der Waals surface area contributed by atoms with Crippen LogP contribution in [0.5, 0.6) is 11.6 Å². The summed E-state index contributed by atoms with van der Waals surface area (Å²) in [6.45, 7) is 7.42. The summed E-state index contributed by atoms with van der Waals surface area (Å²) in [4.78, 5) is 16.1. The molecular weight excluding hydrogens is 388 g/mol. The Hall–Kier alpha value is -3.54. The summed E-state index contributed by atoms with van der Waals surface area (Å²) in [6, 6.07) is 12.9. The van der Waals surface area contributed by atoms with Gasteiger partial charge in [0.2, 0.25) is 5.88 Å². The van der Waals surface area contributed by atoms with Crippen molar-refractivity contribution in [1.29, 1.82) is 0 Å². The van der Waals surface area contributed by atoms with E-state index < -0.39 is 0 Å². The molecule has 6 heteroatoms. The molecule has 0 unspecified atom stereocenters. The van der Waals surface area contributed by atoms with Crippen LogP contribution < -0.4 is 9.47 Å². The van der Waals surface area contributed by atoms with E-state index >= 15 is 0 Å². The fourth-order valence-corrected chi connectivity index (χ4v) is 4.34. The maximum atomic E-state index is 6.07. The van der Waals surface area contributed by atoms with Crippen molar-refractivity contribution in [3.63, 3.8) is 0 Å². The minimum Gasteiger partial charge on any atom is -0.487 e. The molecule has 31 heavy (non-hydrogen) atoms. The number of rotatable bonds is 3. The summed E-state index contributed by atoms with van der Waals surface area (Å²) in [5.41, 5.74) is 8.66. The zero-order chi connectivity index (χ0) is 21.1. The molecule has 6 rings (SSSR count). The largest absolute Gasteiger partial charge is 0.487 e. The second kappa shape index (κ2) is 6.74. The number of ether oxygens (including phenoxy) is 2. The molecule has 2 aromatic heterocycles. The zero-order valence-electron chi connectivity index (χ0n) is 17.9. The summed E-state index contributed by atoms with van der Waals surface area (Å²) in [5, 5.41) is 0. The number of H-pyrrole nitrogens is 2. The third-order valence-electron chi connectivity index (χ3n) is 6.08. The zero-order valence-corrected chi connectivity index (χ0v) is 17.9. The molecule has 2 aliphatic rings. The first kappa shape index (κ1) is 18.2. The topological polar surface area (TPSA) is 75.8 Å². The van der Waals surface area contributed by atoms with Crippen LogP contribution in [0.1, 0.15) is 49.6 Å². The Morgan fingerprint density at radius 2 is 1.74 bits per heavy atom. The van der Waals surface area contributed by atoms with Gasteiger partial charge in [0.05, 0.1) is 11.4 Å². The van der Waals surface area contributed by atoms with Gasteiger partial charge in [-0.05, 0) is 34.9 Å². The van der Waals surface area contributed by atoms with Gasteiger partial charge in [0.25, 0.3) is 0 Å². The second-order valence-corrected chi connectivity index (χ2v) is 8.48. The van der Waals surface area contributed by atoms with Gasteiger partial charge in [0, 0.05) is 23.5 Å². The molecular formula is C25H24N4O2. The number of aromatic nitrogens is 4. The summed E-state index contributed by atoms with van der Waals surface area (Å²) < 4.78 is 12.0. The Kier molecular flexibility index (Phi) is 3.96. The Morgan fingerprint density at radius 1 is 0.935 bits per heavy atom. The number of imidazole rings is 2. The molecule has 0 bridgehead atoms. The van der Waals surface area contributed by atoms with Crippen molar-refractivity contribution >= 4 is 0 Å². The van der Waals surface area contributed by atoms with Crippen molar-refractivity contribution in [1.82, 2.24) is 19.9 Å². The monoisotopic (exact) mass is 412 g/mol. The highest BCUT2D eigenvalue weighted by atomic mass is 16.5. The van der Waals surface area contributed by atoms with E-state index in [1.54, 1.807) is 0 Å². The van der Waals surface area contributed by atoms with Crippen molar-refractivity contribution in [2.75, 3.05) is 0 Å². The lowest BCUT2D eigenvalue weighted by molar-refractivity contribution is 0.291. The summed E-state index contributed by atoms with van der Waals surface area (Å²) in [5.74, 6) is 3.89. The molecule has 0 saturated heterocycles. The molecule has 2 N–H and O–H groups in total. The average Bonchev–Trinajstić information content (AvgIpc) is 3.42. The Balaban J connectivity index is 1.37. The van der Waals surface area contributed by atoms with Crippen molar-refractivity contribution in [3.05, 3.63) is 59.3 Å². The SMILES string of the molecule is CCc1nc2c([nH]1)-c1ccc(-c3ccc4c(c3)OCc3[nH]c(C(C)C)nc3-4)cc1CO2. The highest BCUT2D eigenvalue weighted by Gasteiger charge is 2.24. The fourth-order valence-electron chi connectivity index (χ4n) is 4.34. The molecule has 6 nitrogen and oxygen atoms in total. The first-order chi connectivity index (χ1) is 15.1. The van der Waals surface area contributed by atoms with E-state index in [0.29, 0.717) is 25.0 Å².